The molecule has 0 bridgehead atoms. The molecule has 0 spiro atoms. The lowest BCUT2D eigenvalue weighted by atomic mass is 10.2. The molecule has 0 aliphatic rings. The summed E-state index contributed by atoms with van der Waals surface area (Å²) in [5, 5.41) is 0. The van der Waals surface area contributed by atoms with Crippen LogP contribution < -0.4 is 0 Å². The van der Waals surface area contributed by atoms with Gasteiger partial charge in [0.2, 0.25) is 5.78 Å². The third kappa shape index (κ3) is 3.16. The van der Waals surface area contributed by atoms with Gasteiger partial charge in [0.1, 0.15) is 5.82 Å². The summed E-state index contributed by atoms with van der Waals surface area (Å²) in [6.07, 6.45) is 0. The molecule has 0 atom stereocenters. The molecule has 0 aliphatic heterocycles. The fourth-order valence-electron chi connectivity index (χ4n) is 1.20. The molecule has 0 fully saturated rings. The van der Waals surface area contributed by atoms with Gasteiger partial charge < -0.3 is 4.90 Å². The normalized spacial score (nSPS) is 9.80. The Kier molecular flexibility index (Phi) is 3.55. The number of hydrogen-bond donors (Lipinski definition) is 0. The average molecular weight is 209 g/mol. The Balaban J connectivity index is 2.66. The molecule has 1 rings (SSSR count). The van der Waals surface area contributed by atoms with E-state index in [1.807, 2.05) is 0 Å². The van der Waals surface area contributed by atoms with E-state index in [9.17, 15) is 14.0 Å². The number of likely N-dealkylation sites (N-methyl/N-ethyl adjacent to an activating group) is 1. The van der Waals surface area contributed by atoms with Gasteiger partial charge in [0.05, 0.1) is 0 Å². The van der Waals surface area contributed by atoms with Gasteiger partial charge in [0, 0.05) is 20.5 Å². The van der Waals surface area contributed by atoms with Crippen molar-refractivity contribution in [2.75, 3.05) is 7.05 Å². The van der Waals surface area contributed by atoms with E-state index in [2.05, 4.69) is 0 Å². The second-order valence-corrected chi connectivity index (χ2v) is 3.34. The van der Waals surface area contributed by atoms with Crippen LogP contribution in [0.25, 0.3) is 0 Å². The van der Waals surface area contributed by atoms with Crippen LogP contribution in [0.3, 0.4) is 0 Å². The lowest BCUT2D eigenvalue weighted by Gasteiger charge is -2.15. The third-order valence-corrected chi connectivity index (χ3v) is 1.98. The quantitative estimate of drug-likeness (QED) is 0.705. The van der Waals surface area contributed by atoms with E-state index in [1.165, 1.54) is 31.0 Å². The number of benzene rings is 1. The summed E-state index contributed by atoms with van der Waals surface area (Å²) in [4.78, 5) is 23.3. The van der Waals surface area contributed by atoms with E-state index in [4.69, 9.17) is 0 Å². The molecule has 80 valence electrons. The van der Waals surface area contributed by atoms with Crippen LogP contribution in [-0.4, -0.2) is 23.6 Å². The van der Waals surface area contributed by atoms with Crippen molar-refractivity contribution in [3.63, 3.8) is 0 Å². The van der Waals surface area contributed by atoms with Gasteiger partial charge in [-0.3, -0.25) is 9.59 Å². The molecule has 1 aromatic carbocycles. The number of carbonyl (C=O) groups excluding carboxylic acids is 2. The third-order valence-electron chi connectivity index (χ3n) is 1.98. The van der Waals surface area contributed by atoms with Crippen molar-refractivity contribution in [3.05, 3.63) is 35.6 Å². The van der Waals surface area contributed by atoms with Crippen LogP contribution in [-0.2, 0) is 16.1 Å². The summed E-state index contributed by atoms with van der Waals surface area (Å²) >= 11 is 0. The van der Waals surface area contributed by atoms with E-state index in [0.29, 0.717) is 6.54 Å². The van der Waals surface area contributed by atoms with Gasteiger partial charge in [0.15, 0.2) is 0 Å². The Hall–Kier alpha value is -1.71. The SMILES string of the molecule is CC(=O)C(=O)N(C)Cc1ccc(F)cc1. The maximum atomic E-state index is 12.6. The summed E-state index contributed by atoms with van der Waals surface area (Å²) in [7, 11) is 1.53. The monoisotopic (exact) mass is 209 g/mol. The first-order valence-electron chi connectivity index (χ1n) is 4.51. The van der Waals surface area contributed by atoms with Gasteiger partial charge in [-0.2, -0.15) is 0 Å². The predicted octanol–water partition coefficient (Wildman–Crippen LogP) is 1.37. The van der Waals surface area contributed by atoms with E-state index in [0.717, 1.165) is 5.56 Å². The van der Waals surface area contributed by atoms with Gasteiger partial charge in [-0.25, -0.2) is 4.39 Å². The maximum absolute atomic E-state index is 12.6. The Morgan fingerprint density at radius 3 is 2.27 bits per heavy atom. The van der Waals surface area contributed by atoms with Gasteiger partial charge >= 0.3 is 0 Å². The van der Waals surface area contributed by atoms with Crippen molar-refractivity contribution in [1.82, 2.24) is 4.90 Å². The van der Waals surface area contributed by atoms with Gasteiger partial charge in [-0.1, -0.05) is 12.1 Å². The largest absolute Gasteiger partial charge is 0.335 e. The van der Waals surface area contributed by atoms with Crippen molar-refractivity contribution >= 4 is 11.7 Å². The van der Waals surface area contributed by atoms with Gasteiger partial charge in [0.25, 0.3) is 5.91 Å². The minimum atomic E-state index is -0.542. The molecule has 0 radical (unpaired) electrons. The molecule has 0 heterocycles. The number of carbonyl (C=O) groups is 2. The van der Waals surface area contributed by atoms with Crippen molar-refractivity contribution in [2.24, 2.45) is 0 Å². The Bertz CT molecular complexity index is 373. The van der Waals surface area contributed by atoms with Crippen LogP contribution in [0.15, 0.2) is 24.3 Å². The van der Waals surface area contributed by atoms with Crippen LogP contribution >= 0.6 is 0 Å². The molecular weight excluding hydrogens is 197 g/mol. The van der Waals surface area contributed by atoms with E-state index < -0.39 is 11.7 Å². The number of rotatable bonds is 3. The summed E-state index contributed by atoms with van der Waals surface area (Å²) in [5.74, 6) is -1.36. The molecule has 0 aliphatic carbocycles. The molecular formula is C11H12FNO2. The van der Waals surface area contributed by atoms with E-state index in [1.54, 1.807) is 12.1 Å². The van der Waals surface area contributed by atoms with E-state index in [-0.39, 0.29) is 5.82 Å². The zero-order valence-electron chi connectivity index (χ0n) is 8.66. The first-order valence-corrected chi connectivity index (χ1v) is 4.51. The average Bonchev–Trinajstić information content (AvgIpc) is 2.20. The Labute approximate surface area is 87.5 Å². The molecule has 0 aromatic heterocycles. The summed E-state index contributed by atoms with van der Waals surface area (Å²) in [5.41, 5.74) is 0.786. The lowest BCUT2D eigenvalue weighted by Crippen LogP contribution is -2.31. The zero-order chi connectivity index (χ0) is 11.4. The molecule has 0 saturated carbocycles. The van der Waals surface area contributed by atoms with Crippen LogP contribution in [0.1, 0.15) is 12.5 Å². The second kappa shape index (κ2) is 4.68. The molecule has 4 heteroatoms. The van der Waals surface area contributed by atoms with Gasteiger partial charge in [-0.15, -0.1) is 0 Å². The zero-order valence-corrected chi connectivity index (χ0v) is 8.66. The molecule has 0 N–H and O–H groups in total. The highest BCUT2D eigenvalue weighted by atomic mass is 19.1. The van der Waals surface area contributed by atoms with E-state index >= 15 is 0 Å². The number of halogens is 1. The van der Waals surface area contributed by atoms with Crippen molar-refractivity contribution in [2.45, 2.75) is 13.5 Å². The fraction of sp³-hybridized carbons (Fsp3) is 0.273. The number of ketones is 1. The highest BCUT2D eigenvalue weighted by molar-refractivity contribution is 6.34. The first kappa shape index (κ1) is 11.4. The number of nitrogens with zero attached hydrogens (tertiary/aromatic N) is 1. The fourth-order valence-corrected chi connectivity index (χ4v) is 1.20. The molecule has 1 aromatic rings. The maximum Gasteiger partial charge on any atom is 0.289 e. The smallest absolute Gasteiger partial charge is 0.289 e. The summed E-state index contributed by atoms with van der Waals surface area (Å²) in [6, 6.07) is 5.81. The molecule has 0 unspecified atom stereocenters. The topological polar surface area (TPSA) is 37.4 Å². The van der Waals surface area contributed by atoms with Crippen LogP contribution in [0, 0.1) is 5.82 Å². The van der Waals surface area contributed by atoms with Crippen LogP contribution in [0.4, 0.5) is 4.39 Å². The minimum Gasteiger partial charge on any atom is -0.335 e. The van der Waals surface area contributed by atoms with Crippen LogP contribution in [0.5, 0.6) is 0 Å². The van der Waals surface area contributed by atoms with Crippen molar-refractivity contribution in [1.29, 1.82) is 0 Å². The summed E-state index contributed by atoms with van der Waals surface area (Å²) in [6.45, 7) is 1.53. The molecule has 0 saturated heterocycles. The Morgan fingerprint density at radius 2 is 1.80 bits per heavy atom. The summed E-state index contributed by atoms with van der Waals surface area (Å²) < 4.78 is 12.6. The van der Waals surface area contributed by atoms with Crippen molar-refractivity contribution < 1.29 is 14.0 Å². The molecule has 15 heavy (non-hydrogen) atoms. The molecule has 1 amide bonds. The predicted molar refractivity (Wildman–Crippen MR) is 53.6 cm³/mol. The molecule has 3 nitrogen and oxygen atoms in total. The lowest BCUT2D eigenvalue weighted by molar-refractivity contribution is -0.143. The van der Waals surface area contributed by atoms with Crippen LogP contribution in [0.2, 0.25) is 0 Å². The number of hydrogen-bond acceptors (Lipinski definition) is 2. The van der Waals surface area contributed by atoms with Gasteiger partial charge in [-0.05, 0) is 17.7 Å². The standard InChI is InChI=1S/C11H12FNO2/c1-8(14)11(15)13(2)7-9-3-5-10(12)6-4-9/h3-6H,7H2,1-2H3. The van der Waals surface area contributed by atoms with Crippen molar-refractivity contribution in [3.8, 4) is 0 Å². The second-order valence-electron chi connectivity index (χ2n) is 3.34. The Morgan fingerprint density at radius 1 is 1.27 bits per heavy atom. The number of amides is 1. The number of Topliss-reactive ketones (excluding diaryl/α,β-unsaturated/α-hetero) is 1. The highest BCUT2D eigenvalue weighted by Gasteiger charge is 2.13. The minimum absolute atomic E-state index is 0.304. The first-order chi connectivity index (χ1) is 7.00. The highest BCUT2D eigenvalue weighted by Crippen LogP contribution is 2.05.